The first kappa shape index (κ1) is 10.7. The number of carbonyl (C=O) groups is 1. The number of likely N-dealkylation sites (N-methyl/N-ethyl adjacent to an activating group) is 1. The highest BCUT2D eigenvalue weighted by molar-refractivity contribution is 6.27. The third kappa shape index (κ3) is 6.13. The van der Waals surface area contributed by atoms with E-state index in [1.807, 2.05) is 7.05 Å². The molecule has 0 heterocycles. The van der Waals surface area contributed by atoms with Crippen molar-refractivity contribution in [2.24, 2.45) is 0 Å². The fourth-order valence-corrected chi connectivity index (χ4v) is 0.686. The first-order chi connectivity index (χ1) is 5.20. The monoisotopic (exact) mass is 178 g/mol. The lowest BCUT2D eigenvalue weighted by Crippen LogP contribution is -2.33. The highest BCUT2D eigenvalue weighted by atomic mass is 35.5. The minimum atomic E-state index is -0.101. The summed E-state index contributed by atoms with van der Waals surface area (Å²) in [5, 5.41) is 2.68. The molecule has 0 aliphatic heterocycles. The average molecular weight is 179 g/mol. The Labute approximate surface area is 72.7 Å². The Kier molecular flexibility index (Phi) is 6.27. The van der Waals surface area contributed by atoms with Crippen molar-refractivity contribution in [3.63, 3.8) is 0 Å². The van der Waals surface area contributed by atoms with Crippen molar-refractivity contribution in [1.82, 2.24) is 10.2 Å². The van der Waals surface area contributed by atoms with Gasteiger partial charge in [-0.05, 0) is 13.6 Å². The van der Waals surface area contributed by atoms with E-state index in [0.29, 0.717) is 6.54 Å². The van der Waals surface area contributed by atoms with Crippen molar-refractivity contribution in [3.8, 4) is 0 Å². The van der Waals surface area contributed by atoms with E-state index < -0.39 is 0 Å². The summed E-state index contributed by atoms with van der Waals surface area (Å²) in [6.07, 6.45) is 0. The van der Waals surface area contributed by atoms with Gasteiger partial charge in [0.05, 0.1) is 0 Å². The zero-order chi connectivity index (χ0) is 8.69. The van der Waals surface area contributed by atoms with E-state index in [1.54, 1.807) is 0 Å². The molecule has 0 aromatic heterocycles. The summed E-state index contributed by atoms with van der Waals surface area (Å²) in [6, 6.07) is 0. The van der Waals surface area contributed by atoms with Crippen molar-refractivity contribution >= 4 is 17.5 Å². The van der Waals surface area contributed by atoms with E-state index in [4.69, 9.17) is 11.6 Å². The van der Waals surface area contributed by atoms with Crippen LogP contribution >= 0.6 is 11.6 Å². The number of amides is 1. The predicted octanol–water partition coefficient (Wildman–Crippen LogP) is 0.293. The maximum Gasteiger partial charge on any atom is 0.234 e. The number of hydrogen-bond donors (Lipinski definition) is 1. The molecule has 0 rings (SSSR count). The zero-order valence-corrected chi connectivity index (χ0v) is 7.82. The largest absolute Gasteiger partial charge is 0.354 e. The van der Waals surface area contributed by atoms with Gasteiger partial charge in [-0.1, -0.05) is 6.92 Å². The van der Waals surface area contributed by atoms with Crippen LogP contribution in [0.3, 0.4) is 0 Å². The lowest BCUT2D eigenvalue weighted by atomic mass is 10.5. The third-order valence-electron chi connectivity index (χ3n) is 1.48. The molecular weight excluding hydrogens is 164 g/mol. The van der Waals surface area contributed by atoms with Gasteiger partial charge in [0.2, 0.25) is 5.91 Å². The van der Waals surface area contributed by atoms with Crippen LogP contribution in [0.15, 0.2) is 0 Å². The molecule has 0 saturated carbocycles. The summed E-state index contributed by atoms with van der Waals surface area (Å²) in [6.45, 7) is 4.62. The van der Waals surface area contributed by atoms with Gasteiger partial charge in [0, 0.05) is 13.1 Å². The van der Waals surface area contributed by atoms with E-state index >= 15 is 0 Å². The number of carbonyl (C=O) groups excluding carboxylic acids is 1. The Morgan fingerprint density at radius 3 is 2.73 bits per heavy atom. The quantitative estimate of drug-likeness (QED) is 0.614. The number of halogens is 1. The van der Waals surface area contributed by atoms with Crippen molar-refractivity contribution in [2.45, 2.75) is 6.92 Å². The molecule has 0 radical (unpaired) electrons. The second-order valence-electron chi connectivity index (χ2n) is 2.38. The smallest absolute Gasteiger partial charge is 0.234 e. The van der Waals surface area contributed by atoms with Crippen molar-refractivity contribution in [1.29, 1.82) is 0 Å². The fourth-order valence-electron chi connectivity index (χ4n) is 0.592. The van der Waals surface area contributed by atoms with Crippen LogP contribution in [0.4, 0.5) is 0 Å². The molecule has 4 heteroatoms. The Bertz CT molecular complexity index is 119. The molecule has 0 saturated heterocycles. The number of nitrogens with zero attached hydrogens (tertiary/aromatic N) is 1. The minimum Gasteiger partial charge on any atom is -0.354 e. The molecule has 0 fully saturated rings. The van der Waals surface area contributed by atoms with Crippen LogP contribution in [0.5, 0.6) is 0 Å². The molecule has 0 bridgehead atoms. The Morgan fingerprint density at radius 1 is 1.64 bits per heavy atom. The van der Waals surface area contributed by atoms with Crippen LogP contribution in [0.2, 0.25) is 0 Å². The van der Waals surface area contributed by atoms with Crippen LogP contribution in [-0.2, 0) is 4.79 Å². The predicted molar refractivity (Wildman–Crippen MR) is 46.9 cm³/mol. The SMILES string of the molecule is CCN(C)CCNC(=O)CCl. The molecule has 0 aliphatic carbocycles. The van der Waals surface area contributed by atoms with E-state index in [-0.39, 0.29) is 11.8 Å². The summed E-state index contributed by atoms with van der Waals surface area (Å²) >= 11 is 5.28. The Hall–Kier alpha value is -0.280. The number of rotatable bonds is 5. The van der Waals surface area contributed by atoms with Crippen LogP contribution in [0.1, 0.15) is 6.92 Å². The van der Waals surface area contributed by atoms with E-state index in [1.165, 1.54) is 0 Å². The van der Waals surface area contributed by atoms with Crippen LogP contribution in [0, 0.1) is 0 Å². The van der Waals surface area contributed by atoms with Gasteiger partial charge in [0.1, 0.15) is 5.88 Å². The van der Waals surface area contributed by atoms with Crippen LogP contribution in [0.25, 0.3) is 0 Å². The van der Waals surface area contributed by atoms with Gasteiger partial charge in [0.25, 0.3) is 0 Å². The van der Waals surface area contributed by atoms with Gasteiger partial charge >= 0.3 is 0 Å². The highest BCUT2D eigenvalue weighted by Crippen LogP contribution is 1.78. The van der Waals surface area contributed by atoms with Crippen LogP contribution in [-0.4, -0.2) is 43.4 Å². The minimum absolute atomic E-state index is 0.0514. The van der Waals surface area contributed by atoms with E-state index in [2.05, 4.69) is 17.1 Å². The lowest BCUT2D eigenvalue weighted by Gasteiger charge is -2.13. The van der Waals surface area contributed by atoms with Crippen molar-refractivity contribution < 1.29 is 4.79 Å². The highest BCUT2D eigenvalue weighted by Gasteiger charge is 1.97. The molecule has 0 aromatic carbocycles. The maximum absolute atomic E-state index is 10.6. The van der Waals surface area contributed by atoms with Crippen LogP contribution < -0.4 is 5.32 Å². The topological polar surface area (TPSA) is 32.3 Å². The molecular formula is C7H15ClN2O. The molecule has 0 aromatic rings. The first-order valence-electron chi connectivity index (χ1n) is 3.72. The zero-order valence-electron chi connectivity index (χ0n) is 7.06. The molecule has 0 unspecified atom stereocenters. The van der Waals surface area contributed by atoms with Gasteiger partial charge in [-0.3, -0.25) is 4.79 Å². The summed E-state index contributed by atoms with van der Waals surface area (Å²) in [7, 11) is 2.01. The lowest BCUT2D eigenvalue weighted by molar-refractivity contribution is -0.118. The van der Waals surface area contributed by atoms with Gasteiger partial charge in [0.15, 0.2) is 0 Å². The average Bonchev–Trinajstić information content (AvgIpc) is 2.04. The molecule has 3 nitrogen and oxygen atoms in total. The van der Waals surface area contributed by atoms with Crippen molar-refractivity contribution in [2.75, 3.05) is 32.6 Å². The van der Waals surface area contributed by atoms with Gasteiger partial charge in [-0.15, -0.1) is 11.6 Å². The fraction of sp³-hybridized carbons (Fsp3) is 0.857. The summed E-state index contributed by atoms with van der Waals surface area (Å²) < 4.78 is 0. The van der Waals surface area contributed by atoms with Gasteiger partial charge < -0.3 is 10.2 Å². The standard InChI is InChI=1S/C7H15ClN2O/c1-3-10(2)5-4-9-7(11)6-8/h3-6H2,1-2H3,(H,9,11). The molecule has 0 aliphatic rings. The number of alkyl halides is 1. The first-order valence-corrected chi connectivity index (χ1v) is 4.25. The maximum atomic E-state index is 10.6. The second-order valence-corrected chi connectivity index (χ2v) is 2.65. The van der Waals surface area contributed by atoms with Crippen molar-refractivity contribution in [3.05, 3.63) is 0 Å². The molecule has 1 N–H and O–H groups in total. The molecule has 66 valence electrons. The summed E-state index contributed by atoms with van der Waals surface area (Å²) in [4.78, 5) is 12.7. The second kappa shape index (κ2) is 6.43. The van der Waals surface area contributed by atoms with Gasteiger partial charge in [-0.25, -0.2) is 0 Å². The van der Waals surface area contributed by atoms with E-state index in [0.717, 1.165) is 13.1 Å². The summed E-state index contributed by atoms with van der Waals surface area (Å²) in [5.41, 5.74) is 0. The number of hydrogen-bond acceptors (Lipinski definition) is 2. The molecule has 11 heavy (non-hydrogen) atoms. The Morgan fingerprint density at radius 2 is 2.27 bits per heavy atom. The molecule has 1 amide bonds. The van der Waals surface area contributed by atoms with E-state index in [9.17, 15) is 4.79 Å². The molecule has 0 atom stereocenters. The number of nitrogens with one attached hydrogen (secondary N) is 1. The molecule has 0 spiro atoms. The third-order valence-corrected chi connectivity index (χ3v) is 1.72. The Balaban J connectivity index is 3.20. The summed E-state index contributed by atoms with van der Waals surface area (Å²) in [5.74, 6) is -0.0493. The van der Waals surface area contributed by atoms with Gasteiger partial charge in [-0.2, -0.15) is 0 Å². The normalized spacial score (nSPS) is 10.2.